The van der Waals surface area contributed by atoms with Gasteiger partial charge in [0.15, 0.2) is 5.92 Å². The van der Waals surface area contributed by atoms with Crippen LogP contribution in [-0.4, -0.2) is 41.8 Å². The van der Waals surface area contributed by atoms with Gasteiger partial charge in [-0.1, -0.05) is 0 Å². The van der Waals surface area contributed by atoms with Gasteiger partial charge >= 0.3 is 18.1 Å². The van der Waals surface area contributed by atoms with E-state index in [0.29, 0.717) is 11.8 Å². The van der Waals surface area contributed by atoms with E-state index in [0.717, 1.165) is 0 Å². The van der Waals surface area contributed by atoms with E-state index in [1.807, 2.05) is 0 Å². The Morgan fingerprint density at radius 3 is 1.95 bits per heavy atom. The summed E-state index contributed by atoms with van der Waals surface area (Å²) in [5.41, 5.74) is 0. The molecule has 0 N–H and O–H groups in total. The first-order valence-corrected chi connectivity index (χ1v) is 7.24. The Hall–Kier alpha value is -0.920. The topological polar surface area (TPSA) is 52.6 Å². The van der Waals surface area contributed by atoms with Crippen LogP contribution in [0.1, 0.15) is 27.7 Å². The van der Waals surface area contributed by atoms with Gasteiger partial charge in [-0.05, 0) is 27.7 Å². The minimum absolute atomic E-state index is 0.236. The molecule has 8 heteroatoms. The highest BCUT2D eigenvalue weighted by Gasteiger charge is 2.46. The second kappa shape index (κ2) is 8.39. The monoisotopic (exact) mass is 316 g/mol. The molecular formula is C12H19F3O4S. The standard InChI is InChI=1S/C12H19F3O4S/c1-7(2)18-10(16)6-20-5-9(12(13,14)15)11(17)19-8(3)4/h7-9H,5-6H2,1-4H3. The van der Waals surface area contributed by atoms with Crippen molar-refractivity contribution in [3.8, 4) is 0 Å². The van der Waals surface area contributed by atoms with Crippen LogP contribution in [-0.2, 0) is 19.1 Å². The Bertz CT molecular complexity index is 329. The minimum Gasteiger partial charge on any atom is -0.462 e. The molecule has 0 saturated heterocycles. The van der Waals surface area contributed by atoms with Crippen LogP contribution in [0.4, 0.5) is 13.2 Å². The fourth-order valence-electron chi connectivity index (χ4n) is 1.17. The molecule has 20 heavy (non-hydrogen) atoms. The average molecular weight is 316 g/mol. The third-order valence-electron chi connectivity index (χ3n) is 1.90. The van der Waals surface area contributed by atoms with Crippen LogP contribution in [0.15, 0.2) is 0 Å². The molecule has 0 fully saturated rings. The van der Waals surface area contributed by atoms with Gasteiger partial charge in [0, 0.05) is 5.75 Å². The zero-order valence-electron chi connectivity index (χ0n) is 11.8. The number of carbonyl (C=O) groups excluding carboxylic acids is 2. The SMILES string of the molecule is CC(C)OC(=O)CSCC(C(=O)OC(C)C)C(F)(F)F. The van der Waals surface area contributed by atoms with E-state index < -0.39 is 35.9 Å². The first kappa shape index (κ1) is 19.1. The number of hydrogen-bond donors (Lipinski definition) is 0. The van der Waals surface area contributed by atoms with E-state index in [4.69, 9.17) is 4.74 Å². The van der Waals surface area contributed by atoms with E-state index in [-0.39, 0.29) is 11.9 Å². The Kier molecular flexibility index (Phi) is 8.00. The van der Waals surface area contributed by atoms with Gasteiger partial charge < -0.3 is 9.47 Å². The van der Waals surface area contributed by atoms with Crippen molar-refractivity contribution in [2.24, 2.45) is 5.92 Å². The maximum Gasteiger partial charge on any atom is 0.403 e. The summed E-state index contributed by atoms with van der Waals surface area (Å²) in [5, 5.41) is 0. The van der Waals surface area contributed by atoms with E-state index in [9.17, 15) is 22.8 Å². The maximum absolute atomic E-state index is 12.7. The quantitative estimate of drug-likeness (QED) is 0.676. The molecule has 0 aromatic carbocycles. The van der Waals surface area contributed by atoms with E-state index >= 15 is 0 Å². The first-order chi connectivity index (χ1) is 9.04. The molecule has 0 rings (SSSR count). The fourth-order valence-corrected chi connectivity index (χ4v) is 2.08. The van der Waals surface area contributed by atoms with Crippen LogP contribution in [0.3, 0.4) is 0 Å². The lowest BCUT2D eigenvalue weighted by molar-refractivity contribution is -0.195. The summed E-state index contributed by atoms with van der Waals surface area (Å²) in [6.07, 6.45) is -5.64. The van der Waals surface area contributed by atoms with Crippen LogP contribution in [0.5, 0.6) is 0 Å². The number of alkyl halides is 3. The molecule has 0 amide bonds. The van der Waals surface area contributed by atoms with Crippen LogP contribution in [0, 0.1) is 5.92 Å². The van der Waals surface area contributed by atoms with E-state index in [1.54, 1.807) is 13.8 Å². The van der Waals surface area contributed by atoms with Crippen LogP contribution < -0.4 is 0 Å². The largest absolute Gasteiger partial charge is 0.462 e. The van der Waals surface area contributed by atoms with Crippen molar-refractivity contribution < 1.29 is 32.2 Å². The molecule has 0 aromatic rings. The predicted octanol–water partition coefficient (Wildman–Crippen LogP) is 2.80. The minimum atomic E-state index is -4.69. The Labute approximate surface area is 120 Å². The molecule has 0 aliphatic heterocycles. The van der Waals surface area contributed by atoms with Gasteiger partial charge in [-0.2, -0.15) is 13.2 Å². The molecule has 0 bridgehead atoms. The third-order valence-corrected chi connectivity index (χ3v) is 2.91. The second-order valence-electron chi connectivity index (χ2n) is 4.63. The van der Waals surface area contributed by atoms with Gasteiger partial charge in [-0.25, -0.2) is 0 Å². The second-order valence-corrected chi connectivity index (χ2v) is 5.66. The zero-order chi connectivity index (χ0) is 15.9. The van der Waals surface area contributed by atoms with Crippen molar-refractivity contribution in [2.75, 3.05) is 11.5 Å². The van der Waals surface area contributed by atoms with Crippen LogP contribution >= 0.6 is 11.8 Å². The maximum atomic E-state index is 12.7. The van der Waals surface area contributed by atoms with Gasteiger partial charge in [-0.15, -0.1) is 11.8 Å². The van der Waals surface area contributed by atoms with Crippen LogP contribution in [0.2, 0.25) is 0 Å². The van der Waals surface area contributed by atoms with Crippen molar-refractivity contribution >= 4 is 23.7 Å². The Balaban J connectivity index is 4.40. The zero-order valence-corrected chi connectivity index (χ0v) is 12.6. The summed E-state index contributed by atoms with van der Waals surface area (Å²) in [7, 11) is 0. The lowest BCUT2D eigenvalue weighted by Gasteiger charge is -2.20. The smallest absolute Gasteiger partial charge is 0.403 e. The molecule has 118 valence electrons. The molecule has 1 atom stereocenters. The summed E-state index contributed by atoms with van der Waals surface area (Å²) in [4.78, 5) is 22.6. The summed E-state index contributed by atoms with van der Waals surface area (Å²) < 4.78 is 47.5. The summed E-state index contributed by atoms with van der Waals surface area (Å²) in [5.74, 6) is -4.97. The number of halogens is 3. The highest BCUT2D eigenvalue weighted by atomic mass is 32.2. The number of rotatable bonds is 7. The number of carbonyl (C=O) groups is 2. The highest BCUT2D eigenvalue weighted by molar-refractivity contribution is 7.99. The summed E-state index contributed by atoms with van der Waals surface area (Å²) >= 11 is 0.698. The lowest BCUT2D eigenvalue weighted by Crippen LogP contribution is -2.35. The molecule has 4 nitrogen and oxygen atoms in total. The molecule has 0 aliphatic carbocycles. The van der Waals surface area contributed by atoms with Crippen molar-refractivity contribution in [1.82, 2.24) is 0 Å². The highest BCUT2D eigenvalue weighted by Crippen LogP contribution is 2.30. The molecule has 0 heterocycles. The molecule has 0 saturated carbocycles. The number of ether oxygens (including phenoxy) is 2. The number of thioether (sulfide) groups is 1. The molecular weight excluding hydrogens is 297 g/mol. The number of hydrogen-bond acceptors (Lipinski definition) is 5. The number of esters is 2. The Morgan fingerprint density at radius 2 is 1.55 bits per heavy atom. The van der Waals surface area contributed by atoms with Gasteiger partial charge in [0.25, 0.3) is 0 Å². The molecule has 0 spiro atoms. The molecule has 0 radical (unpaired) electrons. The first-order valence-electron chi connectivity index (χ1n) is 6.08. The van der Waals surface area contributed by atoms with Crippen LogP contribution in [0.25, 0.3) is 0 Å². The third kappa shape index (κ3) is 8.29. The fraction of sp³-hybridized carbons (Fsp3) is 0.833. The normalized spacial score (nSPS) is 13.4. The van der Waals surface area contributed by atoms with Gasteiger partial charge in [0.1, 0.15) is 0 Å². The molecule has 0 aromatic heterocycles. The van der Waals surface area contributed by atoms with Crippen molar-refractivity contribution in [3.63, 3.8) is 0 Å². The molecule has 1 unspecified atom stereocenters. The van der Waals surface area contributed by atoms with Crippen molar-refractivity contribution in [1.29, 1.82) is 0 Å². The predicted molar refractivity (Wildman–Crippen MR) is 69.3 cm³/mol. The van der Waals surface area contributed by atoms with Crippen molar-refractivity contribution in [3.05, 3.63) is 0 Å². The van der Waals surface area contributed by atoms with E-state index in [2.05, 4.69) is 4.74 Å². The van der Waals surface area contributed by atoms with Gasteiger partial charge in [0.2, 0.25) is 0 Å². The van der Waals surface area contributed by atoms with E-state index in [1.165, 1.54) is 13.8 Å². The van der Waals surface area contributed by atoms with Crippen molar-refractivity contribution in [2.45, 2.75) is 46.1 Å². The average Bonchev–Trinajstić information content (AvgIpc) is 2.19. The molecule has 0 aliphatic rings. The Morgan fingerprint density at radius 1 is 1.05 bits per heavy atom. The summed E-state index contributed by atoms with van der Waals surface area (Å²) in [6.45, 7) is 6.22. The van der Waals surface area contributed by atoms with Gasteiger partial charge in [0.05, 0.1) is 18.0 Å². The van der Waals surface area contributed by atoms with Gasteiger partial charge in [-0.3, -0.25) is 9.59 Å². The lowest BCUT2D eigenvalue weighted by atomic mass is 10.2. The summed E-state index contributed by atoms with van der Waals surface area (Å²) in [6, 6.07) is 0.